The molecule has 0 saturated heterocycles. The topological polar surface area (TPSA) is 37.3 Å². The van der Waals surface area contributed by atoms with Crippen molar-refractivity contribution in [3.05, 3.63) is 70.2 Å². The summed E-state index contributed by atoms with van der Waals surface area (Å²) in [6, 6.07) is 16.0. The van der Waals surface area contributed by atoms with Gasteiger partial charge >= 0.3 is 0 Å². The van der Waals surface area contributed by atoms with Crippen molar-refractivity contribution in [1.29, 1.82) is 0 Å². The van der Waals surface area contributed by atoms with Crippen molar-refractivity contribution in [2.45, 2.75) is 6.10 Å². The number of ketones is 1. The zero-order valence-electron chi connectivity index (χ0n) is 9.01. The molecule has 1 unspecified atom stereocenters. The summed E-state index contributed by atoms with van der Waals surface area (Å²) in [4.78, 5) is 12.0. The van der Waals surface area contributed by atoms with Crippen molar-refractivity contribution in [2.24, 2.45) is 0 Å². The Hall–Kier alpha value is -1.45. The Balaban J connectivity index is 2.30. The number of carbonyl (C=O) groups is 1. The molecule has 2 rings (SSSR count). The number of rotatable bonds is 3. The van der Waals surface area contributed by atoms with Crippen molar-refractivity contribution in [1.82, 2.24) is 0 Å². The van der Waals surface area contributed by atoms with Crippen molar-refractivity contribution in [2.75, 3.05) is 0 Å². The van der Waals surface area contributed by atoms with E-state index in [1.165, 1.54) is 0 Å². The molecule has 2 aromatic carbocycles. The third-order valence-corrected chi connectivity index (χ3v) is 3.23. The lowest BCUT2D eigenvalue weighted by atomic mass is 10.0. The van der Waals surface area contributed by atoms with Crippen LogP contribution in [-0.2, 0) is 0 Å². The van der Waals surface area contributed by atoms with Crippen LogP contribution in [0.5, 0.6) is 0 Å². The van der Waals surface area contributed by atoms with Crippen LogP contribution in [0, 0.1) is 0 Å². The first-order chi connectivity index (χ1) is 8.20. The molecule has 1 N–H and O–H groups in total. The van der Waals surface area contributed by atoms with E-state index in [4.69, 9.17) is 0 Å². The summed E-state index contributed by atoms with van der Waals surface area (Å²) < 4.78 is 0.733. The molecular weight excluding hydrogens is 280 g/mol. The Labute approximate surface area is 108 Å². The second kappa shape index (κ2) is 5.25. The molecule has 0 aromatic heterocycles. The normalized spacial score (nSPS) is 12.1. The molecule has 0 heterocycles. The van der Waals surface area contributed by atoms with Gasteiger partial charge in [0.05, 0.1) is 0 Å². The fourth-order valence-corrected chi connectivity index (χ4v) is 2.10. The van der Waals surface area contributed by atoms with Crippen LogP contribution in [0.25, 0.3) is 0 Å². The number of halogens is 1. The lowest BCUT2D eigenvalue weighted by molar-refractivity contribution is 0.0746. The zero-order valence-corrected chi connectivity index (χ0v) is 10.6. The van der Waals surface area contributed by atoms with Gasteiger partial charge < -0.3 is 5.11 Å². The van der Waals surface area contributed by atoms with Crippen LogP contribution in [-0.4, -0.2) is 10.9 Å². The molecule has 3 heteroatoms. The van der Waals surface area contributed by atoms with Gasteiger partial charge in [-0.1, -0.05) is 64.5 Å². The standard InChI is InChI=1S/C14H11BrO2/c15-12-9-5-4-8-11(12)14(17)13(16)10-6-2-1-3-7-10/h1-9,14,17H. The number of Topliss-reactive ketones (excluding diaryl/α,β-unsaturated/α-hetero) is 1. The summed E-state index contributed by atoms with van der Waals surface area (Å²) in [5.41, 5.74) is 1.09. The number of aliphatic hydroxyl groups excluding tert-OH is 1. The first kappa shape index (κ1) is 12.0. The van der Waals surface area contributed by atoms with E-state index in [-0.39, 0.29) is 5.78 Å². The van der Waals surface area contributed by atoms with E-state index >= 15 is 0 Å². The van der Waals surface area contributed by atoms with Crippen molar-refractivity contribution >= 4 is 21.7 Å². The molecule has 2 nitrogen and oxygen atoms in total. The van der Waals surface area contributed by atoms with Gasteiger partial charge in [-0.25, -0.2) is 0 Å². The van der Waals surface area contributed by atoms with Crippen LogP contribution in [0.1, 0.15) is 22.0 Å². The van der Waals surface area contributed by atoms with Crippen LogP contribution in [0.4, 0.5) is 0 Å². The van der Waals surface area contributed by atoms with Gasteiger partial charge in [0.25, 0.3) is 0 Å². The first-order valence-electron chi connectivity index (χ1n) is 5.22. The number of carbonyl (C=O) groups excluding carboxylic acids is 1. The van der Waals surface area contributed by atoms with E-state index in [9.17, 15) is 9.90 Å². The van der Waals surface area contributed by atoms with Gasteiger partial charge in [-0.2, -0.15) is 0 Å². The van der Waals surface area contributed by atoms with E-state index in [2.05, 4.69) is 15.9 Å². The highest BCUT2D eigenvalue weighted by atomic mass is 79.9. The summed E-state index contributed by atoms with van der Waals surface area (Å²) in [5, 5.41) is 10.0. The molecule has 0 radical (unpaired) electrons. The Morgan fingerprint density at radius 1 is 1.00 bits per heavy atom. The maximum Gasteiger partial charge on any atom is 0.195 e. The van der Waals surface area contributed by atoms with E-state index in [1.54, 1.807) is 42.5 Å². The smallest absolute Gasteiger partial charge is 0.195 e. The van der Waals surface area contributed by atoms with Gasteiger partial charge in [0, 0.05) is 15.6 Å². The van der Waals surface area contributed by atoms with Gasteiger partial charge in [-0.05, 0) is 6.07 Å². The van der Waals surface area contributed by atoms with Crippen LogP contribution in [0.3, 0.4) is 0 Å². The molecule has 17 heavy (non-hydrogen) atoms. The molecule has 0 aliphatic heterocycles. The highest BCUT2D eigenvalue weighted by Crippen LogP contribution is 2.25. The molecule has 0 spiro atoms. The number of hydrogen-bond donors (Lipinski definition) is 1. The summed E-state index contributed by atoms with van der Waals surface area (Å²) in [6.07, 6.45) is -1.13. The lowest BCUT2D eigenvalue weighted by Crippen LogP contribution is -2.12. The van der Waals surface area contributed by atoms with Crippen LogP contribution in [0.2, 0.25) is 0 Å². The van der Waals surface area contributed by atoms with Crippen molar-refractivity contribution < 1.29 is 9.90 Å². The second-order valence-corrected chi connectivity index (χ2v) is 4.51. The van der Waals surface area contributed by atoms with Gasteiger partial charge in [0.15, 0.2) is 5.78 Å². The third kappa shape index (κ3) is 2.62. The Morgan fingerprint density at radius 2 is 1.59 bits per heavy atom. The van der Waals surface area contributed by atoms with Gasteiger partial charge in [-0.3, -0.25) is 4.79 Å². The fraction of sp³-hybridized carbons (Fsp3) is 0.0714. The fourth-order valence-electron chi connectivity index (χ4n) is 1.60. The predicted molar refractivity (Wildman–Crippen MR) is 69.9 cm³/mol. The molecule has 0 saturated carbocycles. The quantitative estimate of drug-likeness (QED) is 0.880. The average Bonchev–Trinajstić information content (AvgIpc) is 2.39. The third-order valence-electron chi connectivity index (χ3n) is 2.51. The summed E-state index contributed by atoms with van der Waals surface area (Å²) in [5.74, 6) is -0.294. The molecule has 0 fully saturated rings. The minimum atomic E-state index is -1.13. The lowest BCUT2D eigenvalue weighted by Gasteiger charge is -2.11. The SMILES string of the molecule is O=C(c1ccccc1)C(O)c1ccccc1Br. The van der Waals surface area contributed by atoms with E-state index in [0.717, 1.165) is 4.47 Å². The Kier molecular flexibility index (Phi) is 3.71. The van der Waals surface area contributed by atoms with Gasteiger partial charge in [-0.15, -0.1) is 0 Å². The molecule has 2 aromatic rings. The molecule has 0 amide bonds. The predicted octanol–water partition coefficient (Wildman–Crippen LogP) is 3.37. The van der Waals surface area contributed by atoms with Crippen molar-refractivity contribution in [3.63, 3.8) is 0 Å². The largest absolute Gasteiger partial charge is 0.380 e. The monoisotopic (exact) mass is 290 g/mol. The van der Waals surface area contributed by atoms with E-state index < -0.39 is 6.10 Å². The van der Waals surface area contributed by atoms with Crippen molar-refractivity contribution in [3.8, 4) is 0 Å². The number of benzene rings is 2. The number of aliphatic hydroxyl groups is 1. The minimum Gasteiger partial charge on any atom is -0.380 e. The summed E-state index contributed by atoms with van der Waals surface area (Å²) >= 11 is 3.33. The Morgan fingerprint density at radius 3 is 2.24 bits per heavy atom. The molecule has 1 atom stereocenters. The van der Waals surface area contributed by atoms with Crippen LogP contribution in [0.15, 0.2) is 59.1 Å². The molecular formula is C14H11BrO2. The van der Waals surface area contributed by atoms with Crippen LogP contribution >= 0.6 is 15.9 Å². The summed E-state index contributed by atoms with van der Waals surface area (Å²) in [7, 11) is 0. The second-order valence-electron chi connectivity index (χ2n) is 3.65. The number of hydrogen-bond acceptors (Lipinski definition) is 2. The highest BCUT2D eigenvalue weighted by molar-refractivity contribution is 9.10. The Bertz CT molecular complexity index is 523. The molecule has 86 valence electrons. The van der Waals surface area contributed by atoms with Crippen LogP contribution < -0.4 is 0 Å². The van der Waals surface area contributed by atoms with Gasteiger partial charge in [0.2, 0.25) is 0 Å². The first-order valence-corrected chi connectivity index (χ1v) is 6.01. The van der Waals surface area contributed by atoms with E-state index in [1.807, 2.05) is 12.1 Å². The van der Waals surface area contributed by atoms with Gasteiger partial charge in [0.1, 0.15) is 6.10 Å². The highest BCUT2D eigenvalue weighted by Gasteiger charge is 2.20. The molecule has 0 bridgehead atoms. The molecule has 0 aliphatic carbocycles. The molecule has 0 aliphatic rings. The maximum absolute atomic E-state index is 12.0. The zero-order chi connectivity index (χ0) is 12.3. The van der Waals surface area contributed by atoms with E-state index in [0.29, 0.717) is 11.1 Å². The minimum absolute atomic E-state index is 0.294. The summed E-state index contributed by atoms with van der Waals surface area (Å²) in [6.45, 7) is 0. The maximum atomic E-state index is 12.0. The average molecular weight is 291 g/mol.